The summed E-state index contributed by atoms with van der Waals surface area (Å²) >= 11 is 1.53. The SMILES string of the molecule is O=C(CN1CCC(NC(=O)c2ccsc2)CC1)NCCc1cccc2cccnc12. The van der Waals surface area contributed by atoms with Gasteiger partial charge in [-0.1, -0.05) is 24.3 Å². The molecule has 0 unspecified atom stereocenters. The highest BCUT2D eigenvalue weighted by Gasteiger charge is 2.22. The van der Waals surface area contributed by atoms with Crippen LogP contribution in [0.15, 0.2) is 53.4 Å². The summed E-state index contributed by atoms with van der Waals surface area (Å²) in [4.78, 5) is 31.1. The Labute approximate surface area is 180 Å². The van der Waals surface area contributed by atoms with E-state index in [2.05, 4.69) is 38.7 Å². The van der Waals surface area contributed by atoms with Crippen LogP contribution in [0.4, 0.5) is 0 Å². The summed E-state index contributed by atoms with van der Waals surface area (Å²) in [6, 6.07) is 12.2. The van der Waals surface area contributed by atoms with E-state index in [1.165, 1.54) is 11.3 Å². The molecule has 1 aliphatic heterocycles. The predicted molar refractivity (Wildman–Crippen MR) is 120 cm³/mol. The highest BCUT2D eigenvalue weighted by atomic mass is 32.1. The molecular weight excluding hydrogens is 396 g/mol. The van der Waals surface area contributed by atoms with Crippen LogP contribution in [-0.2, 0) is 11.2 Å². The Morgan fingerprint density at radius 1 is 1.13 bits per heavy atom. The first-order valence-corrected chi connectivity index (χ1v) is 11.3. The fourth-order valence-electron chi connectivity index (χ4n) is 3.86. The first-order chi connectivity index (χ1) is 14.7. The van der Waals surface area contributed by atoms with E-state index in [1.54, 1.807) is 6.20 Å². The molecule has 156 valence electrons. The molecule has 6 nitrogen and oxygen atoms in total. The van der Waals surface area contributed by atoms with Gasteiger partial charge in [-0.2, -0.15) is 11.3 Å². The summed E-state index contributed by atoms with van der Waals surface area (Å²) in [6.07, 6.45) is 4.29. The molecule has 4 rings (SSSR count). The van der Waals surface area contributed by atoms with Gasteiger partial charge < -0.3 is 10.6 Å². The van der Waals surface area contributed by atoms with Crippen LogP contribution < -0.4 is 10.6 Å². The van der Waals surface area contributed by atoms with Gasteiger partial charge in [-0.3, -0.25) is 19.5 Å². The van der Waals surface area contributed by atoms with E-state index in [0.29, 0.717) is 13.1 Å². The zero-order valence-electron chi connectivity index (χ0n) is 16.8. The molecule has 0 saturated carbocycles. The summed E-state index contributed by atoms with van der Waals surface area (Å²) in [6.45, 7) is 2.63. The summed E-state index contributed by atoms with van der Waals surface area (Å²) in [7, 11) is 0. The quantitative estimate of drug-likeness (QED) is 0.614. The number of nitrogens with zero attached hydrogens (tertiary/aromatic N) is 2. The lowest BCUT2D eigenvalue weighted by molar-refractivity contribution is -0.122. The fourth-order valence-corrected chi connectivity index (χ4v) is 4.50. The topological polar surface area (TPSA) is 74.3 Å². The standard InChI is InChI=1S/C23H26N4O2S/c28-21(24-11-6-18-4-1-3-17-5-2-10-25-22(17)18)15-27-12-7-20(8-13-27)26-23(29)19-9-14-30-16-19/h1-5,9-10,14,16,20H,6-8,11-13,15H2,(H,24,28)(H,26,29). The van der Waals surface area contributed by atoms with Gasteiger partial charge in [0.2, 0.25) is 5.91 Å². The second-order valence-corrected chi connectivity index (χ2v) is 8.41. The Morgan fingerprint density at radius 3 is 2.77 bits per heavy atom. The van der Waals surface area contributed by atoms with Gasteiger partial charge >= 0.3 is 0 Å². The first kappa shape index (κ1) is 20.5. The molecule has 1 saturated heterocycles. The van der Waals surface area contributed by atoms with Crippen molar-refractivity contribution >= 4 is 34.1 Å². The number of aromatic nitrogens is 1. The molecule has 7 heteroatoms. The lowest BCUT2D eigenvalue weighted by Crippen LogP contribution is -2.47. The summed E-state index contributed by atoms with van der Waals surface area (Å²) < 4.78 is 0. The molecule has 30 heavy (non-hydrogen) atoms. The second kappa shape index (κ2) is 9.82. The number of benzene rings is 1. The van der Waals surface area contributed by atoms with Gasteiger partial charge in [0.05, 0.1) is 12.1 Å². The molecule has 3 aromatic rings. The van der Waals surface area contributed by atoms with Gasteiger partial charge in [0, 0.05) is 48.2 Å². The number of thiophene rings is 1. The third kappa shape index (κ3) is 5.23. The molecule has 0 atom stereocenters. The summed E-state index contributed by atoms with van der Waals surface area (Å²) in [5.74, 6) is 0.0410. The Balaban J connectivity index is 1.18. The molecule has 1 fully saturated rings. The van der Waals surface area contributed by atoms with Gasteiger partial charge in [0.15, 0.2) is 0 Å². The number of likely N-dealkylation sites (tertiary alicyclic amines) is 1. The number of para-hydroxylation sites is 1. The van der Waals surface area contributed by atoms with Crippen molar-refractivity contribution in [3.63, 3.8) is 0 Å². The number of hydrogen-bond acceptors (Lipinski definition) is 5. The van der Waals surface area contributed by atoms with E-state index < -0.39 is 0 Å². The van der Waals surface area contributed by atoms with Gasteiger partial charge in [-0.05, 0) is 42.3 Å². The Morgan fingerprint density at radius 2 is 1.97 bits per heavy atom. The van der Waals surface area contributed by atoms with Crippen LogP contribution in [0.3, 0.4) is 0 Å². The van der Waals surface area contributed by atoms with Crippen molar-refractivity contribution in [2.24, 2.45) is 0 Å². The Bertz CT molecular complexity index is 992. The lowest BCUT2D eigenvalue weighted by atomic mass is 10.0. The minimum absolute atomic E-state index is 0.00429. The van der Waals surface area contributed by atoms with Crippen molar-refractivity contribution in [3.8, 4) is 0 Å². The molecule has 3 heterocycles. The number of hydrogen-bond donors (Lipinski definition) is 2. The first-order valence-electron chi connectivity index (χ1n) is 10.3. The molecule has 2 aromatic heterocycles. The Hall–Kier alpha value is -2.77. The number of amides is 2. The van der Waals surface area contributed by atoms with Crippen molar-refractivity contribution in [1.29, 1.82) is 0 Å². The van der Waals surface area contributed by atoms with Crippen LogP contribution in [0.2, 0.25) is 0 Å². The smallest absolute Gasteiger partial charge is 0.252 e. The van der Waals surface area contributed by atoms with Crippen LogP contribution in [0.5, 0.6) is 0 Å². The van der Waals surface area contributed by atoms with Crippen LogP contribution in [0.25, 0.3) is 10.9 Å². The Kier molecular flexibility index (Phi) is 6.71. The maximum absolute atomic E-state index is 12.3. The number of fused-ring (bicyclic) bond motifs is 1. The molecule has 1 aliphatic rings. The molecule has 2 N–H and O–H groups in total. The summed E-state index contributed by atoms with van der Waals surface area (Å²) in [5, 5.41) is 11.0. The van der Waals surface area contributed by atoms with Crippen LogP contribution >= 0.6 is 11.3 Å². The normalized spacial score (nSPS) is 15.2. The maximum atomic E-state index is 12.3. The monoisotopic (exact) mass is 422 g/mol. The van der Waals surface area contributed by atoms with Crippen molar-refractivity contribution in [2.45, 2.75) is 25.3 Å². The lowest BCUT2D eigenvalue weighted by Gasteiger charge is -2.31. The van der Waals surface area contributed by atoms with Gasteiger partial charge in [0.1, 0.15) is 0 Å². The van der Waals surface area contributed by atoms with Crippen molar-refractivity contribution < 1.29 is 9.59 Å². The average Bonchev–Trinajstić information content (AvgIpc) is 3.30. The molecule has 2 amide bonds. The van der Waals surface area contributed by atoms with Crippen molar-refractivity contribution in [2.75, 3.05) is 26.2 Å². The third-order valence-corrected chi connectivity index (χ3v) is 6.19. The molecule has 0 radical (unpaired) electrons. The third-order valence-electron chi connectivity index (χ3n) is 5.51. The van der Waals surface area contributed by atoms with E-state index in [4.69, 9.17) is 0 Å². The number of carbonyl (C=O) groups excluding carboxylic acids is 2. The van der Waals surface area contributed by atoms with Crippen molar-refractivity contribution in [3.05, 3.63) is 64.5 Å². The van der Waals surface area contributed by atoms with E-state index >= 15 is 0 Å². The highest BCUT2D eigenvalue weighted by Crippen LogP contribution is 2.16. The fraction of sp³-hybridized carbons (Fsp3) is 0.348. The van der Waals surface area contributed by atoms with Gasteiger partial charge in [-0.15, -0.1) is 0 Å². The van der Waals surface area contributed by atoms with Crippen molar-refractivity contribution in [1.82, 2.24) is 20.5 Å². The van der Waals surface area contributed by atoms with Crippen LogP contribution in [0.1, 0.15) is 28.8 Å². The molecule has 1 aromatic carbocycles. The largest absolute Gasteiger partial charge is 0.355 e. The summed E-state index contributed by atoms with van der Waals surface area (Å²) in [5.41, 5.74) is 2.87. The number of piperidine rings is 1. The van der Waals surface area contributed by atoms with Crippen LogP contribution in [0, 0.1) is 0 Å². The zero-order valence-corrected chi connectivity index (χ0v) is 17.7. The zero-order chi connectivity index (χ0) is 20.8. The predicted octanol–water partition coefficient (Wildman–Crippen LogP) is 2.85. The minimum Gasteiger partial charge on any atom is -0.355 e. The van der Waals surface area contributed by atoms with E-state index in [0.717, 1.165) is 54.4 Å². The molecule has 0 aliphatic carbocycles. The maximum Gasteiger partial charge on any atom is 0.252 e. The average molecular weight is 423 g/mol. The van der Waals surface area contributed by atoms with E-state index in [9.17, 15) is 9.59 Å². The number of nitrogens with one attached hydrogen (secondary N) is 2. The number of rotatable bonds is 7. The highest BCUT2D eigenvalue weighted by molar-refractivity contribution is 7.08. The van der Waals surface area contributed by atoms with E-state index in [-0.39, 0.29) is 17.9 Å². The number of carbonyl (C=O) groups is 2. The molecule has 0 bridgehead atoms. The second-order valence-electron chi connectivity index (χ2n) is 7.63. The minimum atomic E-state index is -0.00429. The number of pyridine rings is 1. The van der Waals surface area contributed by atoms with E-state index in [1.807, 2.05) is 29.0 Å². The van der Waals surface area contributed by atoms with Gasteiger partial charge in [-0.25, -0.2) is 0 Å². The molecule has 0 spiro atoms. The van der Waals surface area contributed by atoms with Gasteiger partial charge in [0.25, 0.3) is 5.91 Å². The van der Waals surface area contributed by atoms with Crippen LogP contribution in [-0.4, -0.2) is 53.9 Å². The molecular formula is C23H26N4O2S.